The van der Waals surface area contributed by atoms with E-state index in [4.69, 9.17) is 0 Å². The van der Waals surface area contributed by atoms with Crippen molar-refractivity contribution in [3.63, 3.8) is 0 Å². The molecule has 3 rings (SSSR count). The van der Waals surface area contributed by atoms with Crippen LogP contribution in [0, 0.1) is 0 Å². The van der Waals surface area contributed by atoms with Crippen molar-refractivity contribution in [2.75, 3.05) is 13.6 Å². The van der Waals surface area contributed by atoms with Crippen molar-refractivity contribution in [3.8, 4) is 0 Å². The van der Waals surface area contributed by atoms with Crippen LogP contribution in [0.15, 0.2) is 30.6 Å². The molecule has 2 N–H and O–H groups in total. The number of carbonyl (C=O) groups is 1. The van der Waals surface area contributed by atoms with Gasteiger partial charge in [0.1, 0.15) is 0 Å². The third-order valence-corrected chi connectivity index (χ3v) is 3.93. The fourth-order valence-electron chi connectivity index (χ4n) is 2.91. The quantitative estimate of drug-likeness (QED) is 0.893. The molecule has 2 aromatic heterocycles. The fraction of sp³-hybridized carbons (Fsp3) is 0.400. The SMILES string of the molecule is CNC(=O)c1cn[nH]c1[C@@H]1CCCN1Cc1ccccn1. The van der Waals surface area contributed by atoms with Crippen LogP contribution in [-0.4, -0.2) is 39.6 Å². The summed E-state index contributed by atoms with van der Waals surface area (Å²) in [6.07, 6.45) is 5.56. The highest BCUT2D eigenvalue weighted by Gasteiger charge is 2.30. The number of aromatic nitrogens is 3. The zero-order valence-electron chi connectivity index (χ0n) is 12.0. The first-order valence-electron chi connectivity index (χ1n) is 7.19. The molecule has 1 fully saturated rings. The number of amides is 1. The highest BCUT2D eigenvalue weighted by Crippen LogP contribution is 2.33. The van der Waals surface area contributed by atoms with E-state index in [1.807, 2.05) is 24.4 Å². The van der Waals surface area contributed by atoms with E-state index in [9.17, 15) is 4.79 Å². The van der Waals surface area contributed by atoms with Crippen molar-refractivity contribution in [1.82, 2.24) is 25.4 Å². The van der Waals surface area contributed by atoms with Gasteiger partial charge in [0.2, 0.25) is 0 Å². The molecule has 0 bridgehead atoms. The monoisotopic (exact) mass is 285 g/mol. The normalized spacial score (nSPS) is 18.8. The zero-order valence-corrected chi connectivity index (χ0v) is 12.0. The second kappa shape index (κ2) is 6.05. The Hall–Kier alpha value is -2.21. The van der Waals surface area contributed by atoms with Crippen LogP contribution in [0.5, 0.6) is 0 Å². The number of aromatic amines is 1. The maximum atomic E-state index is 11.9. The van der Waals surface area contributed by atoms with Crippen LogP contribution in [-0.2, 0) is 6.54 Å². The summed E-state index contributed by atoms with van der Waals surface area (Å²) in [7, 11) is 1.64. The lowest BCUT2D eigenvalue weighted by atomic mass is 10.1. The Morgan fingerprint density at radius 2 is 2.43 bits per heavy atom. The molecule has 3 heterocycles. The van der Waals surface area contributed by atoms with Gasteiger partial charge < -0.3 is 5.32 Å². The van der Waals surface area contributed by atoms with E-state index in [0.29, 0.717) is 5.56 Å². The van der Waals surface area contributed by atoms with Crippen molar-refractivity contribution < 1.29 is 4.79 Å². The Morgan fingerprint density at radius 1 is 1.52 bits per heavy atom. The molecule has 1 atom stereocenters. The highest BCUT2D eigenvalue weighted by molar-refractivity contribution is 5.95. The van der Waals surface area contributed by atoms with E-state index < -0.39 is 0 Å². The molecule has 0 unspecified atom stereocenters. The number of rotatable bonds is 4. The van der Waals surface area contributed by atoms with Crippen molar-refractivity contribution in [2.24, 2.45) is 0 Å². The highest BCUT2D eigenvalue weighted by atomic mass is 16.1. The number of H-pyrrole nitrogens is 1. The Bertz CT molecular complexity index is 610. The van der Waals surface area contributed by atoms with Crippen molar-refractivity contribution >= 4 is 5.91 Å². The minimum Gasteiger partial charge on any atom is -0.355 e. The largest absolute Gasteiger partial charge is 0.355 e. The molecule has 2 aromatic rings. The van der Waals surface area contributed by atoms with E-state index in [0.717, 1.165) is 37.3 Å². The maximum Gasteiger partial charge on any atom is 0.254 e. The van der Waals surface area contributed by atoms with Gasteiger partial charge in [-0.1, -0.05) is 6.07 Å². The lowest BCUT2D eigenvalue weighted by Crippen LogP contribution is -2.26. The molecule has 21 heavy (non-hydrogen) atoms. The van der Waals surface area contributed by atoms with Crippen LogP contribution in [0.25, 0.3) is 0 Å². The summed E-state index contributed by atoms with van der Waals surface area (Å²) >= 11 is 0. The minimum atomic E-state index is -0.0940. The topological polar surface area (TPSA) is 73.9 Å². The molecule has 0 aliphatic carbocycles. The lowest BCUT2D eigenvalue weighted by molar-refractivity contribution is 0.0960. The van der Waals surface area contributed by atoms with Gasteiger partial charge in [0.15, 0.2) is 0 Å². The molecule has 0 spiro atoms. The smallest absolute Gasteiger partial charge is 0.254 e. The van der Waals surface area contributed by atoms with Crippen LogP contribution in [0.2, 0.25) is 0 Å². The summed E-state index contributed by atoms with van der Waals surface area (Å²) in [4.78, 5) is 18.6. The average molecular weight is 285 g/mol. The molecular formula is C15H19N5O. The van der Waals surface area contributed by atoms with E-state index in [1.54, 1.807) is 13.2 Å². The summed E-state index contributed by atoms with van der Waals surface area (Å²) in [6.45, 7) is 1.80. The van der Waals surface area contributed by atoms with Crippen molar-refractivity contribution in [2.45, 2.75) is 25.4 Å². The van der Waals surface area contributed by atoms with Crippen LogP contribution < -0.4 is 5.32 Å². The summed E-state index contributed by atoms with van der Waals surface area (Å²) in [5, 5.41) is 9.72. The first-order valence-corrected chi connectivity index (χ1v) is 7.19. The second-order valence-electron chi connectivity index (χ2n) is 5.23. The molecule has 1 aliphatic heterocycles. The first-order chi connectivity index (χ1) is 10.3. The van der Waals surface area contributed by atoms with Gasteiger partial charge in [0.05, 0.1) is 29.2 Å². The number of hydrogen-bond donors (Lipinski definition) is 2. The fourth-order valence-corrected chi connectivity index (χ4v) is 2.91. The van der Waals surface area contributed by atoms with Crippen molar-refractivity contribution in [3.05, 3.63) is 47.5 Å². The summed E-state index contributed by atoms with van der Waals surface area (Å²) in [5.41, 5.74) is 2.59. The standard InChI is InChI=1S/C15H19N5O/c1-16-15(21)12-9-18-19-14(12)13-6-4-8-20(13)10-11-5-2-3-7-17-11/h2-3,5,7,9,13H,4,6,8,10H2,1H3,(H,16,21)(H,18,19)/t13-/m0/s1. The first kappa shape index (κ1) is 13.8. The van der Waals surface area contributed by atoms with Gasteiger partial charge in [-0.15, -0.1) is 0 Å². The zero-order chi connectivity index (χ0) is 14.7. The van der Waals surface area contributed by atoms with E-state index >= 15 is 0 Å². The number of nitrogens with zero attached hydrogens (tertiary/aromatic N) is 3. The molecule has 1 saturated heterocycles. The molecule has 1 amide bonds. The number of hydrogen-bond acceptors (Lipinski definition) is 4. The second-order valence-corrected chi connectivity index (χ2v) is 5.23. The predicted molar refractivity (Wildman–Crippen MR) is 78.6 cm³/mol. The summed E-state index contributed by atoms with van der Waals surface area (Å²) < 4.78 is 0. The molecular weight excluding hydrogens is 266 g/mol. The molecule has 0 aromatic carbocycles. The van der Waals surface area contributed by atoms with Crippen molar-refractivity contribution in [1.29, 1.82) is 0 Å². The predicted octanol–water partition coefficient (Wildman–Crippen LogP) is 1.50. The third kappa shape index (κ3) is 2.80. The number of nitrogens with one attached hydrogen (secondary N) is 2. The molecule has 0 saturated carbocycles. The third-order valence-electron chi connectivity index (χ3n) is 3.93. The number of carbonyl (C=O) groups excluding carboxylic acids is 1. The van der Waals surface area contributed by atoms with Crippen LogP contribution in [0.4, 0.5) is 0 Å². The molecule has 1 aliphatic rings. The number of likely N-dealkylation sites (tertiary alicyclic amines) is 1. The molecule has 6 nitrogen and oxygen atoms in total. The lowest BCUT2D eigenvalue weighted by Gasteiger charge is -2.23. The van der Waals surface area contributed by atoms with E-state index in [-0.39, 0.29) is 11.9 Å². The minimum absolute atomic E-state index is 0.0940. The molecule has 6 heteroatoms. The van der Waals surface area contributed by atoms with Gasteiger partial charge in [0.25, 0.3) is 5.91 Å². The van der Waals surface area contributed by atoms with Crippen LogP contribution >= 0.6 is 0 Å². The summed E-state index contributed by atoms with van der Waals surface area (Å²) in [5.74, 6) is -0.0940. The van der Waals surface area contributed by atoms with Crippen LogP contribution in [0.1, 0.15) is 40.6 Å². The average Bonchev–Trinajstić information content (AvgIpc) is 3.16. The Labute approximate surface area is 123 Å². The van der Waals surface area contributed by atoms with Crippen LogP contribution in [0.3, 0.4) is 0 Å². The Balaban J connectivity index is 1.81. The van der Waals surface area contributed by atoms with Gasteiger partial charge in [0, 0.05) is 19.8 Å². The Kier molecular flexibility index (Phi) is 3.96. The molecule has 0 radical (unpaired) electrons. The van der Waals surface area contributed by atoms with Gasteiger partial charge in [-0.05, 0) is 31.5 Å². The van der Waals surface area contributed by atoms with Gasteiger partial charge in [-0.2, -0.15) is 5.10 Å². The maximum absolute atomic E-state index is 11.9. The number of pyridine rings is 1. The summed E-state index contributed by atoms with van der Waals surface area (Å²) in [6, 6.07) is 6.15. The Morgan fingerprint density at radius 3 is 3.19 bits per heavy atom. The van der Waals surface area contributed by atoms with Gasteiger partial charge >= 0.3 is 0 Å². The van der Waals surface area contributed by atoms with E-state index in [2.05, 4.69) is 25.4 Å². The molecule has 110 valence electrons. The van der Waals surface area contributed by atoms with Gasteiger partial charge in [-0.25, -0.2) is 0 Å². The van der Waals surface area contributed by atoms with Gasteiger partial charge in [-0.3, -0.25) is 19.8 Å². The van der Waals surface area contributed by atoms with E-state index in [1.165, 1.54) is 0 Å².